The van der Waals surface area contributed by atoms with Gasteiger partial charge in [0.05, 0.1) is 0 Å². The van der Waals surface area contributed by atoms with Gasteiger partial charge in [-0.2, -0.15) is 0 Å². The van der Waals surface area contributed by atoms with Crippen molar-refractivity contribution < 1.29 is 0 Å². The molecule has 1 aromatic heterocycles. The Bertz CT molecular complexity index is 466. The van der Waals surface area contributed by atoms with Gasteiger partial charge in [0.2, 0.25) is 0 Å². The van der Waals surface area contributed by atoms with Crippen LogP contribution in [-0.2, 0) is 12.0 Å². The van der Waals surface area contributed by atoms with Gasteiger partial charge in [0.25, 0.3) is 0 Å². The summed E-state index contributed by atoms with van der Waals surface area (Å²) in [6, 6.07) is 5.33. The Balaban J connectivity index is 1.84. The molecular formula is C17H27N3. The van der Waals surface area contributed by atoms with Crippen LogP contribution in [-0.4, -0.2) is 24.1 Å². The largest absolute Gasteiger partial charge is 0.357 e. The highest BCUT2D eigenvalue weighted by molar-refractivity contribution is 5.44. The summed E-state index contributed by atoms with van der Waals surface area (Å²) in [7, 11) is 0. The molecule has 2 heterocycles. The van der Waals surface area contributed by atoms with Gasteiger partial charge in [0, 0.05) is 36.8 Å². The molecule has 0 bridgehead atoms. The molecule has 1 saturated carbocycles. The molecule has 1 aliphatic carbocycles. The highest BCUT2D eigenvalue weighted by atomic mass is 15.2. The van der Waals surface area contributed by atoms with E-state index in [-0.39, 0.29) is 5.41 Å². The van der Waals surface area contributed by atoms with Gasteiger partial charge in [0.1, 0.15) is 5.82 Å². The lowest BCUT2D eigenvalue weighted by Gasteiger charge is -2.24. The molecule has 0 amide bonds. The minimum Gasteiger partial charge on any atom is -0.357 e. The molecule has 2 aliphatic rings. The van der Waals surface area contributed by atoms with Crippen LogP contribution in [0.15, 0.2) is 12.1 Å². The first-order valence-corrected chi connectivity index (χ1v) is 8.02. The first-order chi connectivity index (χ1) is 9.52. The van der Waals surface area contributed by atoms with E-state index in [1.165, 1.54) is 42.8 Å². The van der Waals surface area contributed by atoms with Gasteiger partial charge in [-0.3, -0.25) is 0 Å². The molecule has 20 heavy (non-hydrogen) atoms. The Morgan fingerprint density at radius 1 is 1.20 bits per heavy atom. The molecule has 0 aromatic carbocycles. The van der Waals surface area contributed by atoms with Crippen LogP contribution in [0.1, 0.15) is 57.7 Å². The average molecular weight is 273 g/mol. The van der Waals surface area contributed by atoms with Crippen molar-refractivity contribution in [1.82, 2.24) is 10.3 Å². The van der Waals surface area contributed by atoms with E-state index >= 15 is 0 Å². The zero-order chi connectivity index (χ0) is 14.2. The molecule has 1 aliphatic heterocycles. The minimum absolute atomic E-state index is 0.115. The van der Waals surface area contributed by atoms with Gasteiger partial charge in [0.15, 0.2) is 0 Å². The Morgan fingerprint density at radius 2 is 1.90 bits per heavy atom. The van der Waals surface area contributed by atoms with Crippen LogP contribution in [0.2, 0.25) is 0 Å². The zero-order valence-electron chi connectivity index (χ0n) is 13.1. The van der Waals surface area contributed by atoms with E-state index in [0.29, 0.717) is 0 Å². The lowest BCUT2D eigenvalue weighted by atomic mass is 9.90. The summed E-state index contributed by atoms with van der Waals surface area (Å²) in [6.07, 6.45) is 5.29. The normalized spacial score (nSPS) is 19.6. The summed E-state index contributed by atoms with van der Waals surface area (Å²) in [6.45, 7) is 10.1. The van der Waals surface area contributed by atoms with Gasteiger partial charge in [-0.25, -0.2) is 4.98 Å². The van der Waals surface area contributed by atoms with Crippen molar-refractivity contribution in [2.75, 3.05) is 18.0 Å². The predicted octanol–water partition coefficient (Wildman–Crippen LogP) is 3.23. The number of hydrogen-bond donors (Lipinski definition) is 1. The fourth-order valence-corrected chi connectivity index (χ4v) is 2.72. The molecule has 2 fully saturated rings. The topological polar surface area (TPSA) is 28.2 Å². The number of hydrogen-bond acceptors (Lipinski definition) is 3. The standard InChI is InChI=1S/C17H27N3/c1-17(2,3)15-10-13(12-18-14-6-7-14)11-16(19-15)20-8-4-5-9-20/h10-11,14,18H,4-9,12H2,1-3H3. The summed E-state index contributed by atoms with van der Waals surface area (Å²) < 4.78 is 0. The van der Waals surface area contributed by atoms with Crippen LogP contribution >= 0.6 is 0 Å². The zero-order valence-corrected chi connectivity index (χ0v) is 13.1. The lowest BCUT2D eigenvalue weighted by Crippen LogP contribution is -2.23. The highest BCUT2D eigenvalue weighted by Crippen LogP contribution is 2.27. The summed E-state index contributed by atoms with van der Waals surface area (Å²) >= 11 is 0. The molecule has 0 atom stereocenters. The van der Waals surface area contributed by atoms with E-state index in [9.17, 15) is 0 Å². The van der Waals surface area contributed by atoms with E-state index in [1.54, 1.807) is 0 Å². The molecule has 3 rings (SSSR count). The second-order valence-electron chi connectivity index (χ2n) is 7.32. The summed E-state index contributed by atoms with van der Waals surface area (Å²) in [4.78, 5) is 7.37. The van der Waals surface area contributed by atoms with Gasteiger partial charge >= 0.3 is 0 Å². The quantitative estimate of drug-likeness (QED) is 0.913. The Hall–Kier alpha value is -1.09. The average Bonchev–Trinajstić information content (AvgIpc) is 3.07. The molecule has 0 spiro atoms. The molecule has 1 saturated heterocycles. The van der Waals surface area contributed by atoms with Crippen LogP contribution in [0.25, 0.3) is 0 Å². The van der Waals surface area contributed by atoms with Crippen molar-refractivity contribution in [2.45, 2.75) is 64.5 Å². The van der Waals surface area contributed by atoms with Crippen LogP contribution in [0.4, 0.5) is 5.82 Å². The van der Waals surface area contributed by atoms with Crippen molar-refractivity contribution in [3.05, 3.63) is 23.4 Å². The van der Waals surface area contributed by atoms with E-state index < -0.39 is 0 Å². The predicted molar refractivity (Wildman–Crippen MR) is 84.2 cm³/mol. The number of nitrogens with zero attached hydrogens (tertiary/aromatic N) is 2. The maximum atomic E-state index is 4.93. The Morgan fingerprint density at radius 3 is 2.50 bits per heavy atom. The number of nitrogens with one attached hydrogen (secondary N) is 1. The minimum atomic E-state index is 0.115. The molecule has 0 radical (unpaired) electrons. The smallest absolute Gasteiger partial charge is 0.129 e. The Labute approximate surface area is 122 Å². The fourth-order valence-electron chi connectivity index (χ4n) is 2.72. The van der Waals surface area contributed by atoms with Crippen molar-refractivity contribution in [3.63, 3.8) is 0 Å². The molecule has 1 N–H and O–H groups in total. The second kappa shape index (κ2) is 5.36. The van der Waals surface area contributed by atoms with Crippen LogP contribution in [0, 0.1) is 0 Å². The third-order valence-corrected chi connectivity index (χ3v) is 4.24. The van der Waals surface area contributed by atoms with Crippen molar-refractivity contribution >= 4 is 5.82 Å². The number of aromatic nitrogens is 1. The maximum absolute atomic E-state index is 4.93. The first kappa shape index (κ1) is 13.9. The summed E-state index contributed by atoms with van der Waals surface area (Å²) in [5.74, 6) is 1.18. The van der Waals surface area contributed by atoms with E-state index in [0.717, 1.165) is 25.7 Å². The summed E-state index contributed by atoms with van der Waals surface area (Å²) in [5, 5.41) is 3.62. The highest BCUT2D eigenvalue weighted by Gasteiger charge is 2.23. The molecule has 1 aromatic rings. The van der Waals surface area contributed by atoms with Crippen LogP contribution < -0.4 is 10.2 Å². The van der Waals surface area contributed by atoms with Crippen molar-refractivity contribution in [2.24, 2.45) is 0 Å². The van der Waals surface area contributed by atoms with Crippen molar-refractivity contribution in [1.29, 1.82) is 0 Å². The van der Waals surface area contributed by atoms with Crippen molar-refractivity contribution in [3.8, 4) is 0 Å². The molecular weight excluding hydrogens is 246 g/mol. The van der Waals surface area contributed by atoms with Crippen LogP contribution in [0.5, 0.6) is 0 Å². The van der Waals surface area contributed by atoms with Crippen LogP contribution in [0.3, 0.4) is 0 Å². The SMILES string of the molecule is CC(C)(C)c1cc(CNC2CC2)cc(N2CCCC2)n1. The molecule has 3 heteroatoms. The number of rotatable bonds is 4. The lowest BCUT2D eigenvalue weighted by molar-refractivity contribution is 0.565. The molecule has 3 nitrogen and oxygen atoms in total. The molecule has 110 valence electrons. The second-order valence-corrected chi connectivity index (χ2v) is 7.32. The number of pyridine rings is 1. The molecule has 0 unspecified atom stereocenters. The number of anilines is 1. The summed E-state index contributed by atoms with van der Waals surface area (Å²) in [5.41, 5.74) is 2.72. The maximum Gasteiger partial charge on any atom is 0.129 e. The van der Waals surface area contributed by atoms with Gasteiger partial charge in [-0.05, 0) is 43.4 Å². The monoisotopic (exact) mass is 273 g/mol. The van der Waals surface area contributed by atoms with Gasteiger partial charge < -0.3 is 10.2 Å². The fraction of sp³-hybridized carbons (Fsp3) is 0.706. The third kappa shape index (κ3) is 3.32. The van der Waals surface area contributed by atoms with Gasteiger partial charge in [-0.1, -0.05) is 20.8 Å². The Kier molecular flexibility index (Phi) is 3.72. The van der Waals surface area contributed by atoms with Gasteiger partial charge in [-0.15, -0.1) is 0 Å². The van der Waals surface area contributed by atoms with E-state index in [4.69, 9.17) is 4.98 Å². The van der Waals surface area contributed by atoms with E-state index in [2.05, 4.69) is 43.1 Å². The first-order valence-electron chi connectivity index (χ1n) is 8.02. The third-order valence-electron chi connectivity index (χ3n) is 4.24. The van der Waals surface area contributed by atoms with E-state index in [1.807, 2.05) is 0 Å².